The minimum atomic E-state index is 0.0437. The van der Waals surface area contributed by atoms with Crippen LogP contribution < -0.4 is 9.64 Å². The summed E-state index contributed by atoms with van der Waals surface area (Å²) in [6.07, 6.45) is 0.466. The Bertz CT molecular complexity index is 1370. The number of amides is 1. The summed E-state index contributed by atoms with van der Waals surface area (Å²) < 4.78 is 8.41. The lowest BCUT2D eigenvalue weighted by Gasteiger charge is -2.19. The van der Waals surface area contributed by atoms with E-state index in [0.29, 0.717) is 26.1 Å². The summed E-state index contributed by atoms with van der Waals surface area (Å²) in [5.74, 6) is 2.08. The molecule has 1 saturated heterocycles. The molecular weight excluding hydrogens is 422 g/mol. The Hall–Kier alpha value is -3.60. The molecule has 1 unspecified atom stereocenters. The molecule has 1 atom stereocenters. The Balaban J connectivity index is 1.41. The number of rotatable bonds is 6. The third kappa shape index (κ3) is 4.07. The number of carbonyl (C=O) groups is 1. The fraction of sp³-hybridized carbons (Fsp3) is 0.310. The maximum Gasteiger partial charge on any atom is 0.227 e. The molecule has 1 aromatic heterocycles. The number of hydrogen-bond donors (Lipinski definition) is 0. The highest BCUT2D eigenvalue weighted by atomic mass is 16.5. The summed E-state index contributed by atoms with van der Waals surface area (Å²) in [6, 6.07) is 20.6. The highest BCUT2D eigenvalue weighted by Gasteiger charge is 2.35. The van der Waals surface area contributed by atoms with Gasteiger partial charge in [-0.1, -0.05) is 30.3 Å². The molecule has 0 saturated carbocycles. The molecule has 1 aliphatic rings. The van der Waals surface area contributed by atoms with Crippen LogP contribution in [0.25, 0.3) is 11.0 Å². The van der Waals surface area contributed by atoms with Gasteiger partial charge >= 0.3 is 0 Å². The zero-order valence-electron chi connectivity index (χ0n) is 20.3. The molecule has 1 amide bonds. The van der Waals surface area contributed by atoms with Gasteiger partial charge in [-0.3, -0.25) is 4.79 Å². The zero-order valence-corrected chi connectivity index (χ0v) is 20.3. The van der Waals surface area contributed by atoms with Gasteiger partial charge in [-0.2, -0.15) is 0 Å². The molecule has 4 aromatic rings. The standard InChI is InChI=1S/C29H31N3O2/c1-19-12-13-24(16-21(19)3)32-18-23(17-28(32)33)29-30-25-9-5-6-10-26(25)31(29)14-15-34-27-11-7-8-20(2)22(27)4/h5-13,16,23H,14-15,17-18H2,1-4H3. The second kappa shape index (κ2) is 8.98. The topological polar surface area (TPSA) is 47.4 Å². The lowest BCUT2D eigenvalue weighted by Crippen LogP contribution is -2.24. The van der Waals surface area contributed by atoms with Crippen LogP contribution in [0.1, 0.15) is 40.4 Å². The van der Waals surface area contributed by atoms with Gasteiger partial charge in [0.1, 0.15) is 18.2 Å². The van der Waals surface area contributed by atoms with Gasteiger partial charge in [0.25, 0.3) is 0 Å². The monoisotopic (exact) mass is 453 g/mol. The average Bonchev–Trinajstić information content (AvgIpc) is 3.39. The Morgan fingerprint density at radius 2 is 1.76 bits per heavy atom. The Morgan fingerprint density at radius 1 is 0.941 bits per heavy atom. The van der Waals surface area contributed by atoms with Crippen LogP contribution in [0.4, 0.5) is 5.69 Å². The molecule has 5 rings (SSSR count). The van der Waals surface area contributed by atoms with E-state index in [4.69, 9.17) is 9.72 Å². The first-order valence-corrected chi connectivity index (χ1v) is 11.9. The predicted octanol–water partition coefficient (Wildman–Crippen LogP) is 5.87. The molecule has 1 aliphatic heterocycles. The van der Waals surface area contributed by atoms with Crippen molar-refractivity contribution >= 4 is 22.6 Å². The predicted molar refractivity (Wildman–Crippen MR) is 137 cm³/mol. The van der Waals surface area contributed by atoms with Crippen LogP contribution in [0.2, 0.25) is 0 Å². The van der Waals surface area contributed by atoms with Crippen LogP contribution >= 0.6 is 0 Å². The molecular formula is C29H31N3O2. The molecule has 34 heavy (non-hydrogen) atoms. The SMILES string of the molecule is Cc1ccc(N2CC(c3nc4ccccc4n3CCOc3cccc(C)c3C)CC2=O)cc1C. The molecule has 0 bridgehead atoms. The lowest BCUT2D eigenvalue weighted by atomic mass is 10.1. The van der Waals surface area contributed by atoms with Crippen molar-refractivity contribution in [1.29, 1.82) is 0 Å². The molecule has 3 aromatic carbocycles. The molecule has 174 valence electrons. The van der Waals surface area contributed by atoms with E-state index in [1.54, 1.807) is 0 Å². The van der Waals surface area contributed by atoms with Gasteiger partial charge < -0.3 is 14.2 Å². The highest BCUT2D eigenvalue weighted by molar-refractivity contribution is 5.96. The average molecular weight is 454 g/mol. The molecule has 5 nitrogen and oxygen atoms in total. The van der Waals surface area contributed by atoms with Crippen molar-refractivity contribution in [1.82, 2.24) is 9.55 Å². The molecule has 2 heterocycles. The van der Waals surface area contributed by atoms with Crippen molar-refractivity contribution in [2.45, 2.75) is 46.6 Å². The van der Waals surface area contributed by atoms with Crippen LogP contribution in [0.15, 0.2) is 60.7 Å². The van der Waals surface area contributed by atoms with Gasteiger partial charge in [-0.15, -0.1) is 0 Å². The number of para-hydroxylation sites is 2. The Morgan fingerprint density at radius 3 is 2.59 bits per heavy atom. The first-order chi connectivity index (χ1) is 16.4. The number of fused-ring (bicyclic) bond motifs is 1. The van der Waals surface area contributed by atoms with Crippen LogP contribution in [0, 0.1) is 27.7 Å². The lowest BCUT2D eigenvalue weighted by molar-refractivity contribution is -0.117. The minimum Gasteiger partial charge on any atom is -0.491 e. The fourth-order valence-corrected chi connectivity index (χ4v) is 4.79. The number of hydrogen-bond acceptors (Lipinski definition) is 3. The van der Waals surface area contributed by atoms with Gasteiger partial charge in [-0.25, -0.2) is 4.98 Å². The normalized spacial score (nSPS) is 15.9. The number of imidazole rings is 1. The van der Waals surface area contributed by atoms with Crippen molar-refractivity contribution in [3.05, 3.63) is 88.7 Å². The summed E-state index contributed by atoms with van der Waals surface area (Å²) >= 11 is 0. The summed E-state index contributed by atoms with van der Waals surface area (Å²) in [5, 5.41) is 0. The summed E-state index contributed by atoms with van der Waals surface area (Å²) in [7, 11) is 0. The fourth-order valence-electron chi connectivity index (χ4n) is 4.79. The summed E-state index contributed by atoms with van der Waals surface area (Å²) in [5.41, 5.74) is 7.84. The third-order valence-electron chi connectivity index (χ3n) is 7.10. The maximum absolute atomic E-state index is 13.0. The third-order valence-corrected chi connectivity index (χ3v) is 7.10. The van der Waals surface area contributed by atoms with Crippen molar-refractivity contribution < 1.29 is 9.53 Å². The summed E-state index contributed by atoms with van der Waals surface area (Å²) in [6.45, 7) is 10.2. The molecule has 0 radical (unpaired) electrons. The number of benzene rings is 3. The van der Waals surface area contributed by atoms with Crippen molar-refractivity contribution in [3.63, 3.8) is 0 Å². The van der Waals surface area contributed by atoms with Crippen molar-refractivity contribution in [2.75, 3.05) is 18.1 Å². The number of carbonyl (C=O) groups excluding carboxylic acids is 1. The van der Waals surface area contributed by atoms with Gasteiger partial charge in [0, 0.05) is 24.6 Å². The second-order valence-corrected chi connectivity index (χ2v) is 9.33. The van der Waals surface area contributed by atoms with Gasteiger partial charge in [0.05, 0.1) is 17.6 Å². The first-order valence-electron chi connectivity index (χ1n) is 11.9. The van der Waals surface area contributed by atoms with Gasteiger partial charge in [-0.05, 0) is 80.3 Å². The first kappa shape index (κ1) is 22.2. The van der Waals surface area contributed by atoms with E-state index in [-0.39, 0.29) is 11.8 Å². The number of aryl methyl sites for hydroxylation is 3. The van der Waals surface area contributed by atoms with E-state index in [2.05, 4.69) is 56.5 Å². The van der Waals surface area contributed by atoms with E-state index in [0.717, 1.165) is 28.3 Å². The molecule has 0 spiro atoms. The van der Waals surface area contributed by atoms with Crippen LogP contribution in [-0.2, 0) is 11.3 Å². The minimum absolute atomic E-state index is 0.0437. The van der Waals surface area contributed by atoms with E-state index in [1.807, 2.05) is 41.3 Å². The second-order valence-electron chi connectivity index (χ2n) is 9.33. The van der Waals surface area contributed by atoms with Crippen LogP contribution in [-0.4, -0.2) is 28.6 Å². The Kier molecular flexibility index (Phi) is 5.86. The molecule has 0 N–H and O–H groups in total. The number of anilines is 1. The molecule has 0 aliphatic carbocycles. The zero-order chi connectivity index (χ0) is 23.8. The maximum atomic E-state index is 13.0. The Labute approximate surface area is 201 Å². The molecule has 1 fully saturated rings. The van der Waals surface area contributed by atoms with Crippen molar-refractivity contribution in [3.8, 4) is 5.75 Å². The largest absolute Gasteiger partial charge is 0.491 e. The molecule has 5 heteroatoms. The van der Waals surface area contributed by atoms with E-state index in [9.17, 15) is 4.79 Å². The van der Waals surface area contributed by atoms with E-state index in [1.165, 1.54) is 22.3 Å². The van der Waals surface area contributed by atoms with Crippen molar-refractivity contribution in [2.24, 2.45) is 0 Å². The van der Waals surface area contributed by atoms with Crippen LogP contribution in [0.5, 0.6) is 5.75 Å². The van der Waals surface area contributed by atoms with Crippen LogP contribution in [0.3, 0.4) is 0 Å². The van der Waals surface area contributed by atoms with E-state index >= 15 is 0 Å². The number of ether oxygens (including phenoxy) is 1. The van der Waals surface area contributed by atoms with Gasteiger partial charge in [0.2, 0.25) is 5.91 Å². The number of nitrogens with zero attached hydrogens (tertiary/aromatic N) is 3. The smallest absolute Gasteiger partial charge is 0.227 e. The highest BCUT2D eigenvalue weighted by Crippen LogP contribution is 2.34. The quantitative estimate of drug-likeness (QED) is 0.367. The summed E-state index contributed by atoms with van der Waals surface area (Å²) in [4.78, 5) is 19.9. The van der Waals surface area contributed by atoms with E-state index < -0.39 is 0 Å². The van der Waals surface area contributed by atoms with Gasteiger partial charge in [0.15, 0.2) is 0 Å². The number of aromatic nitrogens is 2.